The van der Waals surface area contributed by atoms with E-state index in [1.165, 1.54) is 53.9 Å². The highest BCUT2D eigenvalue weighted by atomic mass is 32.2. The fraction of sp³-hybridized carbons (Fsp3) is 0.350. The van der Waals surface area contributed by atoms with Crippen LogP contribution in [0.3, 0.4) is 0 Å². The minimum absolute atomic E-state index is 0.0524. The first-order valence-electron chi connectivity index (χ1n) is 9.47. The molecule has 174 valence electrons. The molecule has 1 N–H and O–H groups in total. The Morgan fingerprint density at radius 2 is 1.88 bits per heavy atom. The number of rotatable bonds is 7. The molecule has 1 amide bonds. The van der Waals surface area contributed by atoms with Gasteiger partial charge < -0.3 is 19.5 Å². The van der Waals surface area contributed by atoms with Gasteiger partial charge in [0.05, 0.1) is 30.8 Å². The number of carbonyl (C=O) groups excluding carboxylic acids is 1. The second-order valence-electron chi connectivity index (χ2n) is 6.76. The van der Waals surface area contributed by atoms with Crippen LogP contribution >= 0.6 is 0 Å². The summed E-state index contributed by atoms with van der Waals surface area (Å²) >= 11 is 0. The molecule has 0 unspecified atom stereocenters. The van der Waals surface area contributed by atoms with E-state index in [0.717, 1.165) is 0 Å². The number of anilines is 1. The molecule has 8 nitrogen and oxygen atoms in total. The summed E-state index contributed by atoms with van der Waals surface area (Å²) in [7, 11) is -2.53. The number of sulfonamides is 1. The number of hydrogen-bond acceptors (Lipinski definition) is 6. The van der Waals surface area contributed by atoms with Crippen LogP contribution in [0, 0.1) is 0 Å². The Labute approximate surface area is 182 Å². The zero-order valence-corrected chi connectivity index (χ0v) is 17.8. The number of methoxy groups -OCH3 is 1. The average molecular weight is 474 g/mol. The monoisotopic (exact) mass is 474 g/mol. The maximum Gasteiger partial charge on any atom is 0.422 e. The Morgan fingerprint density at radius 3 is 2.53 bits per heavy atom. The molecule has 1 fully saturated rings. The first-order valence-corrected chi connectivity index (χ1v) is 10.9. The molecule has 1 aliphatic rings. The second kappa shape index (κ2) is 9.76. The van der Waals surface area contributed by atoms with E-state index in [4.69, 9.17) is 9.47 Å². The average Bonchev–Trinajstić information content (AvgIpc) is 2.77. The largest absolute Gasteiger partial charge is 0.496 e. The van der Waals surface area contributed by atoms with E-state index in [9.17, 15) is 26.4 Å². The Hall–Kier alpha value is -2.83. The van der Waals surface area contributed by atoms with Crippen LogP contribution in [-0.4, -0.2) is 64.8 Å². The maximum absolute atomic E-state index is 12.9. The fourth-order valence-electron chi connectivity index (χ4n) is 2.99. The van der Waals surface area contributed by atoms with Crippen LogP contribution in [-0.2, 0) is 14.8 Å². The Kier molecular flexibility index (Phi) is 7.26. The van der Waals surface area contributed by atoms with Crippen molar-refractivity contribution in [2.45, 2.75) is 11.1 Å². The van der Waals surface area contributed by atoms with Gasteiger partial charge in [0.15, 0.2) is 6.61 Å². The van der Waals surface area contributed by atoms with Crippen molar-refractivity contribution in [3.05, 3.63) is 48.0 Å². The number of halogens is 3. The number of morpholine rings is 1. The lowest BCUT2D eigenvalue weighted by molar-refractivity contribution is -0.153. The van der Waals surface area contributed by atoms with Gasteiger partial charge in [-0.05, 0) is 30.3 Å². The topological polar surface area (TPSA) is 94.2 Å². The minimum Gasteiger partial charge on any atom is -0.496 e. The molecule has 0 atom stereocenters. The van der Waals surface area contributed by atoms with E-state index in [-0.39, 0.29) is 53.9 Å². The molecular formula is C20H21F3N2O6S. The molecule has 32 heavy (non-hydrogen) atoms. The number of amides is 1. The highest BCUT2D eigenvalue weighted by Gasteiger charge is 2.29. The van der Waals surface area contributed by atoms with Gasteiger partial charge in [-0.2, -0.15) is 17.5 Å². The number of ether oxygens (including phenoxy) is 3. The molecule has 1 aliphatic heterocycles. The molecular weight excluding hydrogens is 453 g/mol. The molecule has 0 bridgehead atoms. The Balaban J connectivity index is 1.82. The van der Waals surface area contributed by atoms with Crippen molar-refractivity contribution >= 4 is 21.6 Å². The number of nitrogens with one attached hydrogen (secondary N) is 1. The van der Waals surface area contributed by atoms with Gasteiger partial charge in [0, 0.05) is 24.8 Å². The number of nitrogens with zero attached hydrogens (tertiary/aromatic N) is 1. The Morgan fingerprint density at radius 1 is 1.16 bits per heavy atom. The van der Waals surface area contributed by atoms with Crippen molar-refractivity contribution < 1.29 is 40.6 Å². The number of benzene rings is 2. The molecule has 12 heteroatoms. The molecule has 1 heterocycles. The van der Waals surface area contributed by atoms with Crippen LogP contribution in [0.5, 0.6) is 11.5 Å². The van der Waals surface area contributed by atoms with Crippen molar-refractivity contribution in [3.63, 3.8) is 0 Å². The van der Waals surface area contributed by atoms with Crippen LogP contribution in [0.25, 0.3) is 0 Å². The van der Waals surface area contributed by atoms with Gasteiger partial charge in [-0.1, -0.05) is 6.07 Å². The lowest BCUT2D eigenvalue weighted by Crippen LogP contribution is -2.40. The van der Waals surface area contributed by atoms with E-state index in [1.54, 1.807) is 0 Å². The lowest BCUT2D eigenvalue weighted by atomic mass is 10.2. The summed E-state index contributed by atoms with van der Waals surface area (Å²) in [6.07, 6.45) is -4.50. The summed E-state index contributed by atoms with van der Waals surface area (Å²) in [6.45, 7) is -0.536. The van der Waals surface area contributed by atoms with Gasteiger partial charge in [0.1, 0.15) is 11.5 Å². The van der Waals surface area contributed by atoms with Crippen LogP contribution in [0.15, 0.2) is 47.4 Å². The lowest BCUT2D eigenvalue weighted by Gasteiger charge is -2.26. The SMILES string of the molecule is COc1ccc(S(=O)(=O)N2CCOCC2)cc1C(=O)Nc1cccc(OCC(F)(F)F)c1. The van der Waals surface area contributed by atoms with Gasteiger partial charge in [0.2, 0.25) is 10.0 Å². The molecule has 2 aromatic carbocycles. The molecule has 1 saturated heterocycles. The minimum atomic E-state index is -4.50. The quantitative estimate of drug-likeness (QED) is 0.663. The molecule has 2 aromatic rings. The van der Waals surface area contributed by atoms with Crippen molar-refractivity contribution in [3.8, 4) is 11.5 Å². The first-order chi connectivity index (χ1) is 15.1. The van der Waals surface area contributed by atoms with Crippen LogP contribution in [0.2, 0.25) is 0 Å². The van der Waals surface area contributed by atoms with Crippen molar-refractivity contribution in [1.29, 1.82) is 0 Å². The molecule has 0 spiro atoms. The standard InChI is InChI=1S/C20H21F3N2O6S/c1-29-18-6-5-16(32(27,28)25-7-9-30-10-8-25)12-17(18)19(26)24-14-3-2-4-15(11-14)31-13-20(21,22)23/h2-6,11-12H,7-10,13H2,1H3,(H,24,26). The van der Waals surface area contributed by atoms with Gasteiger partial charge in [-0.15, -0.1) is 0 Å². The van der Waals surface area contributed by atoms with Crippen molar-refractivity contribution in [1.82, 2.24) is 4.31 Å². The highest BCUT2D eigenvalue weighted by molar-refractivity contribution is 7.89. The molecule has 3 rings (SSSR count). The van der Waals surface area contributed by atoms with E-state index < -0.39 is 28.7 Å². The predicted molar refractivity (Wildman–Crippen MR) is 109 cm³/mol. The summed E-state index contributed by atoms with van der Waals surface area (Å²) in [5.74, 6) is -0.655. The summed E-state index contributed by atoms with van der Waals surface area (Å²) < 4.78 is 79.2. The van der Waals surface area contributed by atoms with Gasteiger partial charge in [-0.3, -0.25) is 4.79 Å². The zero-order chi connectivity index (χ0) is 23.4. The summed E-state index contributed by atoms with van der Waals surface area (Å²) in [4.78, 5) is 12.7. The van der Waals surface area contributed by atoms with Crippen molar-refractivity contribution in [2.24, 2.45) is 0 Å². The second-order valence-corrected chi connectivity index (χ2v) is 8.70. The summed E-state index contributed by atoms with van der Waals surface area (Å²) in [6, 6.07) is 9.32. The number of carbonyl (C=O) groups is 1. The molecule has 0 aromatic heterocycles. The molecule has 0 aliphatic carbocycles. The van der Waals surface area contributed by atoms with Gasteiger partial charge in [-0.25, -0.2) is 8.42 Å². The smallest absolute Gasteiger partial charge is 0.422 e. The van der Waals surface area contributed by atoms with Crippen LogP contribution in [0.4, 0.5) is 18.9 Å². The molecule has 0 saturated carbocycles. The summed E-state index contributed by atoms with van der Waals surface area (Å²) in [5, 5.41) is 2.52. The summed E-state index contributed by atoms with van der Waals surface area (Å²) in [5.41, 5.74) is 0.113. The highest BCUT2D eigenvalue weighted by Crippen LogP contribution is 2.27. The first kappa shape index (κ1) is 23.8. The third-order valence-electron chi connectivity index (χ3n) is 4.52. The molecule has 0 radical (unpaired) electrons. The van der Waals surface area contributed by atoms with E-state index >= 15 is 0 Å². The zero-order valence-electron chi connectivity index (χ0n) is 17.0. The Bertz CT molecular complexity index is 1070. The predicted octanol–water partition coefficient (Wildman–Crippen LogP) is 2.91. The van der Waals surface area contributed by atoms with Crippen LogP contribution in [0.1, 0.15) is 10.4 Å². The van der Waals surface area contributed by atoms with E-state index in [1.807, 2.05) is 0 Å². The normalized spacial score (nSPS) is 15.2. The van der Waals surface area contributed by atoms with Crippen LogP contribution < -0.4 is 14.8 Å². The van der Waals surface area contributed by atoms with Gasteiger partial charge >= 0.3 is 6.18 Å². The van der Waals surface area contributed by atoms with Crippen molar-refractivity contribution in [2.75, 3.05) is 45.3 Å². The maximum atomic E-state index is 12.9. The van der Waals surface area contributed by atoms with E-state index in [2.05, 4.69) is 10.1 Å². The number of hydrogen-bond donors (Lipinski definition) is 1. The fourth-order valence-corrected chi connectivity index (χ4v) is 4.42. The van der Waals surface area contributed by atoms with Gasteiger partial charge in [0.25, 0.3) is 5.91 Å². The van der Waals surface area contributed by atoms with E-state index in [0.29, 0.717) is 0 Å². The third-order valence-corrected chi connectivity index (χ3v) is 6.41. The third kappa shape index (κ3) is 5.90. The number of alkyl halides is 3.